The van der Waals surface area contributed by atoms with Gasteiger partial charge in [0.25, 0.3) is 0 Å². The number of rotatable bonds is 4. The van der Waals surface area contributed by atoms with Crippen LogP contribution in [0.3, 0.4) is 0 Å². The first-order valence-corrected chi connectivity index (χ1v) is 8.44. The van der Waals surface area contributed by atoms with Crippen LogP contribution in [0.15, 0.2) is 34.4 Å². The van der Waals surface area contributed by atoms with Crippen LogP contribution in [0.25, 0.3) is 0 Å². The Morgan fingerprint density at radius 2 is 2.24 bits per heavy atom. The van der Waals surface area contributed by atoms with Crippen molar-refractivity contribution in [2.75, 3.05) is 6.54 Å². The Labute approximate surface area is 129 Å². The lowest BCUT2D eigenvalue weighted by Gasteiger charge is -2.31. The van der Waals surface area contributed by atoms with Gasteiger partial charge in [-0.05, 0) is 36.3 Å². The summed E-state index contributed by atoms with van der Waals surface area (Å²) in [6.07, 6.45) is 3.25. The van der Waals surface area contributed by atoms with Gasteiger partial charge in [-0.2, -0.15) is 0 Å². The summed E-state index contributed by atoms with van der Waals surface area (Å²) < 4.78 is 0. The summed E-state index contributed by atoms with van der Waals surface area (Å²) in [4.78, 5) is 15.8. The average Bonchev–Trinajstić information content (AvgIpc) is 2.99. The van der Waals surface area contributed by atoms with E-state index in [4.69, 9.17) is 0 Å². The fraction of sp³-hybridized carbons (Fsp3) is 0.471. The Bertz CT molecular complexity index is 658. The Morgan fingerprint density at radius 1 is 1.38 bits per heavy atom. The number of aromatic nitrogens is 1. The van der Waals surface area contributed by atoms with Crippen molar-refractivity contribution < 1.29 is 0 Å². The molecule has 2 aromatic rings. The zero-order chi connectivity index (χ0) is 14.9. The third-order valence-electron chi connectivity index (χ3n) is 4.31. The van der Waals surface area contributed by atoms with Gasteiger partial charge in [0.1, 0.15) is 0 Å². The van der Waals surface area contributed by atoms with Gasteiger partial charge >= 0.3 is 0 Å². The van der Waals surface area contributed by atoms with E-state index < -0.39 is 0 Å². The molecule has 4 heteroatoms. The molecule has 0 bridgehead atoms. The monoisotopic (exact) mass is 302 g/mol. The largest absolute Gasteiger partial charge is 0.326 e. The predicted molar refractivity (Wildman–Crippen MR) is 88.1 cm³/mol. The van der Waals surface area contributed by atoms with Gasteiger partial charge in [-0.3, -0.25) is 4.79 Å². The number of hydrogen-bond acceptors (Lipinski definition) is 3. The maximum Gasteiger partial charge on any atom is 0.248 e. The van der Waals surface area contributed by atoms with Crippen molar-refractivity contribution in [3.63, 3.8) is 0 Å². The molecule has 2 heterocycles. The number of H-pyrrole nitrogens is 1. The van der Waals surface area contributed by atoms with Crippen LogP contribution in [0.1, 0.15) is 48.9 Å². The highest BCUT2D eigenvalue weighted by Crippen LogP contribution is 2.31. The van der Waals surface area contributed by atoms with E-state index in [2.05, 4.69) is 41.7 Å². The molecule has 1 atom stereocenters. The summed E-state index contributed by atoms with van der Waals surface area (Å²) in [5, 5.41) is 5.85. The van der Waals surface area contributed by atoms with Gasteiger partial charge < -0.3 is 10.3 Å². The molecule has 0 aliphatic heterocycles. The third kappa shape index (κ3) is 3.11. The van der Waals surface area contributed by atoms with Crippen LogP contribution in [-0.4, -0.2) is 11.5 Å². The van der Waals surface area contributed by atoms with Gasteiger partial charge in [0, 0.05) is 34.6 Å². The lowest BCUT2D eigenvalue weighted by molar-refractivity contribution is 0.393. The van der Waals surface area contributed by atoms with Crippen molar-refractivity contribution in [3.8, 4) is 0 Å². The molecule has 2 aromatic heterocycles. The number of aryl methyl sites for hydroxylation is 1. The number of pyridine rings is 1. The van der Waals surface area contributed by atoms with E-state index in [0.717, 1.165) is 31.5 Å². The van der Waals surface area contributed by atoms with Gasteiger partial charge in [0.15, 0.2) is 0 Å². The fourth-order valence-electron chi connectivity index (χ4n) is 3.04. The molecule has 1 aliphatic rings. The van der Waals surface area contributed by atoms with Crippen LogP contribution >= 0.6 is 11.3 Å². The highest BCUT2D eigenvalue weighted by atomic mass is 32.1. The maximum absolute atomic E-state index is 11.4. The fourth-order valence-corrected chi connectivity index (χ4v) is 3.89. The molecule has 1 aliphatic carbocycles. The first-order chi connectivity index (χ1) is 10.1. The molecule has 0 radical (unpaired) electrons. The second-order valence-electron chi connectivity index (χ2n) is 6.44. The lowest BCUT2D eigenvalue weighted by Crippen LogP contribution is -2.36. The molecule has 3 nitrogen and oxygen atoms in total. The Hall–Kier alpha value is -1.39. The van der Waals surface area contributed by atoms with Crippen LogP contribution in [-0.2, 0) is 11.8 Å². The number of fused-ring (bicyclic) bond motifs is 1. The van der Waals surface area contributed by atoms with Crippen LogP contribution < -0.4 is 10.9 Å². The number of hydrogen-bond donors (Lipinski definition) is 2. The van der Waals surface area contributed by atoms with Crippen molar-refractivity contribution in [3.05, 3.63) is 56.1 Å². The molecule has 1 unspecified atom stereocenters. The summed E-state index contributed by atoms with van der Waals surface area (Å²) in [5.41, 5.74) is 2.52. The number of aromatic amines is 1. The SMILES string of the molecule is CC(C)(CNC1CCCc2[nH]c(=O)ccc21)c1cccs1. The van der Waals surface area contributed by atoms with E-state index in [1.165, 1.54) is 10.4 Å². The smallest absolute Gasteiger partial charge is 0.248 e. The summed E-state index contributed by atoms with van der Waals surface area (Å²) >= 11 is 1.82. The summed E-state index contributed by atoms with van der Waals surface area (Å²) in [5.74, 6) is 0. The van der Waals surface area contributed by atoms with Crippen LogP contribution in [0.4, 0.5) is 0 Å². The van der Waals surface area contributed by atoms with E-state index >= 15 is 0 Å². The van der Waals surface area contributed by atoms with Crippen LogP contribution in [0, 0.1) is 0 Å². The van der Waals surface area contributed by atoms with Gasteiger partial charge in [-0.15, -0.1) is 11.3 Å². The van der Waals surface area contributed by atoms with Crippen molar-refractivity contribution >= 4 is 11.3 Å². The molecule has 0 saturated carbocycles. The first kappa shape index (κ1) is 14.5. The maximum atomic E-state index is 11.4. The van der Waals surface area contributed by atoms with Crippen molar-refractivity contribution in [2.24, 2.45) is 0 Å². The van der Waals surface area contributed by atoms with Crippen molar-refractivity contribution in [2.45, 2.75) is 44.6 Å². The Morgan fingerprint density at radius 3 is 3.00 bits per heavy atom. The lowest BCUT2D eigenvalue weighted by atomic mass is 9.88. The molecular formula is C17H22N2OS. The quantitative estimate of drug-likeness (QED) is 0.909. The zero-order valence-electron chi connectivity index (χ0n) is 12.6. The molecule has 0 fully saturated rings. The molecule has 3 rings (SSSR count). The minimum Gasteiger partial charge on any atom is -0.326 e. The molecule has 0 aromatic carbocycles. The molecule has 112 valence electrons. The molecule has 0 amide bonds. The van der Waals surface area contributed by atoms with Crippen LogP contribution in [0.5, 0.6) is 0 Å². The third-order valence-corrected chi connectivity index (χ3v) is 5.55. The number of thiophene rings is 1. The Balaban J connectivity index is 1.74. The highest BCUT2D eigenvalue weighted by Gasteiger charge is 2.26. The molecule has 2 N–H and O–H groups in total. The highest BCUT2D eigenvalue weighted by molar-refractivity contribution is 7.10. The second-order valence-corrected chi connectivity index (χ2v) is 7.39. The number of nitrogens with one attached hydrogen (secondary N) is 2. The minimum atomic E-state index is 0.00770. The topological polar surface area (TPSA) is 44.9 Å². The van der Waals surface area contributed by atoms with E-state index in [1.54, 1.807) is 6.07 Å². The summed E-state index contributed by atoms with van der Waals surface area (Å²) in [7, 11) is 0. The summed E-state index contributed by atoms with van der Waals surface area (Å²) in [6, 6.07) is 8.30. The van der Waals surface area contributed by atoms with Gasteiger partial charge in [0.05, 0.1) is 0 Å². The van der Waals surface area contributed by atoms with Crippen LogP contribution in [0.2, 0.25) is 0 Å². The van der Waals surface area contributed by atoms with Gasteiger partial charge in [-0.25, -0.2) is 0 Å². The second kappa shape index (κ2) is 5.78. The van der Waals surface area contributed by atoms with E-state index in [1.807, 2.05) is 17.4 Å². The summed E-state index contributed by atoms with van der Waals surface area (Å²) in [6.45, 7) is 5.50. The van der Waals surface area contributed by atoms with E-state index in [0.29, 0.717) is 6.04 Å². The predicted octanol–water partition coefficient (Wildman–Crippen LogP) is 3.38. The van der Waals surface area contributed by atoms with Crippen molar-refractivity contribution in [1.29, 1.82) is 0 Å². The molecular weight excluding hydrogens is 280 g/mol. The Kier molecular flexibility index (Phi) is 4.00. The van der Waals surface area contributed by atoms with Crippen molar-refractivity contribution in [1.82, 2.24) is 10.3 Å². The minimum absolute atomic E-state index is 0.00770. The van der Waals surface area contributed by atoms with E-state index in [9.17, 15) is 4.79 Å². The molecule has 0 saturated heterocycles. The average molecular weight is 302 g/mol. The molecule has 0 spiro atoms. The zero-order valence-corrected chi connectivity index (χ0v) is 13.4. The van der Waals surface area contributed by atoms with Gasteiger partial charge in [-0.1, -0.05) is 26.0 Å². The standard InChI is InChI=1S/C17H22N2OS/c1-17(2,15-7-4-10-21-15)11-18-13-5-3-6-14-12(13)8-9-16(20)19-14/h4,7-10,13,18H,3,5-6,11H2,1-2H3,(H,19,20). The van der Waals surface area contributed by atoms with Gasteiger partial charge in [0.2, 0.25) is 5.56 Å². The molecule has 21 heavy (non-hydrogen) atoms. The van der Waals surface area contributed by atoms with E-state index in [-0.39, 0.29) is 11.0 Å². The first-order valence-electron chi connectivity index (χ1n) is 7.56. The normalized spacial score (nSPS) is 18.5.